The summed E-state index contributed by atoms with van der Waals surface area (Å²) in [6.07, 6.45) is 0. The second-order valence-corrected chi connectivity index (χ2v) is 3.45. The molecule has 0 aromatic carbocycles. The summed E-state index contributed by atoms with van der Waals surface area (Å²) in [6.45, 7) is 0. The fraction of sp³-hybridized carbons (Fsp3) is 0.250. The molecule has 0 fully saturated rings. The van der Waals surface area contributed by atoms with E-state index in [0.29, 0.717) is 0 Å². The number of hydrogen-bond donors (Lipinski definition) is 1. The summed E-state index contributed by atoms with van der Waals surface area (Å²) in [7, 11) is 3.18. The molecule has 1 heterocycles. The van der Waals surface area contributed by atoms with Crippen molar-refractivity contribution in [1.82, 2.24) is 4.90 Å². The molecule has 0 aliphatic carbocycles. The van der Waals surface area contributed by atoms with Crippen LogP contribution in [0.15, 0.2) is 10.8 Å². The highest BCUT2D eigenvalue weighted by Gasteiger charge is 2.18. The average molecular weight is 199 g/mol. The van der Waals surface area contributed by atoms with E-state index in [-0.39, 0.29) is 17.0 Å². The third kappa shape index (κ3) is 1.86. The maximum Gasteiger partial charge on any atom is 0.337 e. The number of carbonyl (C=O) groups excluding carboxylic acids is 1. The lowest BCUT2D eigenvalue weighted by molar-refractivity contribution is 0.0686. The number of rotatable bonds is 2. The van der Waals surface area contributed by atoms with E-state index < -0.39 is 5.97 Å². The highest BCUT2D eigenvalue weighted by Crippen LogP contribution is 2.16. The van der Waals surface area contributed by atoms with E-state index in [0.717, 1.165) is 0 Å². The van der Waals surface area contributed by atoms with E-state index in [1.165, 1.54) is 21.6 Å². The zero-order valence-electron chi connectivity index (χ0n) is 7.27. The van der Waals surface area contributed by atoms with Crippen LogP contribution in [0.25, 0.3) is 0 Å². The lowest BCUT2D eigenvalue weighted by atomic mass is 10.2. The molecule has 1 rings (SSSR count). The van der Waals surface area contributed by atoms with Gasteiger partial charge in [0.15, 0.2) is 0 Å². The van der Waals surface area contributed by atoms with Crippen molar-refractivity contribution in [3.05, 3.63) is 21.9 Å². The third-order valence-electron chi connectivity index (χ3n) is 1.53. The molecule has 13 heavy (non-hydrogen) atoms. The molecule has 4 nitrogen and oxygen atoms in total. The van der Waals surface area contributed by atoms with Crippen LogP contribution in [-0.2, 0) is 0 Å². The van der Waals surface area contributed by atoms with E-state index in [9.17, 15) is 9.59 Å². The van der Waals surface area contributed by atoms with E-state index >= 15 is 0 Å². The Hall–Kier alpha value is -1.36. The Kier molecular flexibility index (Phi) is 2.67. The molecule has 0 aliphatic rings. The molecule has 0 unspecified atom stereocenters. The molecule has 0 atom stereocenters. The van der Waals surface area contributed by atoms with Gasteiger partial charge in [-0.25, -0.2) is 4.79 Å². The Morgan fingerprint density at radius 2 is 1.85 bits per heavy atom. The third-order valence-corrected chi connectivity index (χ3v) is 2.27. The average Bonchev–Trinajstić information content (AvgIpc) is 2.50. The van der Waals surface area contributed by atoms with Crippen LogP contribution in [0.5, 0.6) is 0 Å². The van der Waals surface area contributed by atoms with Gasteiger partial charge in [-0.3, -0.25) is 4.79 Å². The Balaban J connectivity index is 3.08. The van der Waals surface area contributed by atoms with Crippen molar-refractivity contribution in [3.8, 4) is 0 Å². The number of thiophene rings is 1. The molecule has 0 aliphatic heterocycles. The Bertz CT molecular complexity index is 343. The minimum absolute atomic E-state index is 0.0729. The molecule has 1 amide bonds. The van der Waals surface area contributed by atoms with Crippen LogP contribution in [0.3, 0.4) is 0 Å². The van der Waals surface area contributed by atoms with Crippen LogP contribution < -0.4 is 0 Å². The Morgan fingerprint density at radius 3 is 2.31 bits per heavy atom. The maximum absolute atomic E-state index is 11.4. The first kappa shape index (κ1) is 9.73. The van der Waals surface area contributed by atoms with Gasteiger partial charge in [-0.05, 0) is 0 Å². The van der Waals surface area contributed by atoms with Gasteiger partial charge in [0.2, 0.25) is 0 Å². The van der Waals surface area contributed by atoms with E-state index in [2.05, 4.69) is 0 Å². The molecule has 1 aromatic rings. The van der Waals surface area contributed by atoms with Gasteiger partial charge in [0.1, 0.15) is 0 Å². The summed E-state index contributed by atoms with van der Waals surface area (Å²) < 4.78 is 0. The Labute approximate surface area is 79.4 Å². The molecular formula is C8H9NO3S. The van der Waals surface area contributed by atoms with Crippen LogP contribution in [0.4, 0.5) is 0 Å². The van der Waals surface area contributed by atoms with Gasteiger partial charge < -0.3 is 10.0 Å². The normalized spacial score (nSPS) is 9.69. The summed E-state index contributed by atoms with van der Waals surface area (Å²) in [5, 5.41) is 11.7. The number of carbonyl (C=O) groups is 2. The first-order chi connectivity index (χ1) is 6.04. The van der Waals surface area contributed by atoms with Crippen molar-refractivity contribution >= 4 is 23.2 Å². The first-order valence-corrected chi connectivity index (χ1v) is 4.49. The zero-order chi connectivity index (χ0) is 10.0. The van der Waals surface area contributed by atoms with Crippen molar-refractivity contribution in [1.29, 1.82) is 0 Å². The number of carboxylic acid groups (broad SMARTS) is 1. The van der Waals surface area contributed by atoms with Gasteiger partial charge in [0.25, 0.3) is 5.91 Å². The van der Waals surface area contributed by atoms with Crippen LogP contribution in [0.2, 0.25) is 0 Å². The zero-order valence-corrected chi connectivity index (χ0v) is 8.09. The van der Waals surface area contributed by atoms with E-state index in [4.69, 9.17) is 5.11 Å². The van der Waals surface area contributed by atoms with Gasteiger partial charge >= 0.3 is 5.97 Å². The lowest BCUT2D eigenvalue weighted by Gasteiger charge is -2.08. The molecular weight excluding hydrogens is 190 g/mol. The molecule has 5 heteroatoms. The van der Waals surface area contributed by atoms with Crippen molar-refractivity contribution in [2.45, 2.75) is 0 Å². The molecule has 1 aromatic heterocycles. The van der Waals surface area contributed by atoms with Crippen LogP contribution in [0.1, 0.15) is 20.7 Å². The van der Waals surface area contributed by atoms with Crippen LogP contribution >= 0.6 is 11.3 Å². The molecule has 0 saturated heterocycles. The number of nitrogens with zero attached hydrogens (tertiary/aromatic N) is 1. The van der Waals surface area contributed by atoms with Crippen LogP contribution in [0, 0.1) is 0 Å². The van der Waals surface area contributed by atoms with Gasteiger partial charge in [0, 0.05) is 24.9 Å². The molecule has 70 valence electrons. The van der Waals surface area contributed by atoms with E-state index in [1.54, 1.807) is 19.5 Å². The largest absolute Gasteiger partial charge is 0.478 e. The highest BCUT2D eigenvalue weighted by molar-refractivity contribution is 7.08. The summed E-state index contributed by atoms with van der Waals surface area (Å²) in [5.41, 5.74) is 0.325. The highest BCUT2D eigenvalue weighted by atomic mass is 32.1. The summed E-state index contributed by atoms with van der Waals surface area (Å²) >= 11 is 1.21. The minimum Gasteiger partial charge on any atom is -0.478 e. The second kappa shape index (κ2) is 3.57. The number of aromatic carboxylic acids is 1. The smallest absolute Gasteiger partial charge is 0.337 e. The number of amides is 1. The number of carboxylic acids is 1. The van der Waals surface area contributed by atoms with Crippen molar-refractivity contribution < 1.29 is 14.7 Å². The topological polar surface area (TPSA) is 57.6 Å². The predicted octanol–water partition coefficient (Wildman–Crippen LogP) is 1.15. The standard InChI is InChI=1S/C8H9NO3S/c1-9(2)7(10)5-3-13-4-6(5)8(11)12/h3-4H,1-2H3,(H,11,12). The summed E-state index contributed by atoms with van der Waals surface area (Å²) in [4.78, 5) is 23.4. The van der Waals surface area contributed by atoms with Gasteiger partial charge in [0.05, 0.1) is 11.1 Å². The second-order valence-electron chi connectivity index (χ2n) is 2.70. The fourth-order valence-electron chi connectivity index (χ4n) is 0.869. The summed E-state index contributed by atoms with van der Waals surface area (Å²) in [5.74, 6) is -1.34. The predicted molar refractivity (Wildman–Crippen MR) is 49.3 cm³/mol. The summed E-state index contributed by atoms with van der Waals surface area (Å²) in [6, 6.07) is 0. The van der Waals surface area contributed by atoms with Crippen molar-refractivity contribution in [3.63, 3.8) is 0 Å². The Morgan fingerprint density at radius 1 is 1.31 bits per heavy atom. The molecule has 1 N–H and O–H groups in total. The fourth-order valence-corrected chi connectivity index (χ4v) is 1.66. The maximum atomic E-state index is 11.4. The quantitative estimate of drug-likeness (QED) is 0.777. The van der Waals surface area contributed by atoms with Gasteiger partial charge in [-0.15, -0.1) is 0 Å². The molecule has 0 bridgehead atoms. The van der Waals surface area contributed by atoms with Crippen LogP contribution in [-0.4, -0.2) is 36.0 Å². The lowest BCUT2D eigenvalue weighted by Crippen LogP contribution is -2.22. The van der Waals surface area contributed by atoms with Gasteiger partial charge in [-0.1, -0.05) is 0 Å². The monoisotopic (exact) mass is 199 g/mol. The molecule has 0 saturated carbocycles. The SMILES string of the molecule is CN(C)C(=O)c1cscc1C(=O)O. The molecule has 0 spiro atoms. The van der Waals surface area contributed by atoms with Gasteiger partial charge in [-0.2, -0.15) is 11.3 Å². The molecule has 0 radical (unpaired) electrons. The van der Waals surface area contributed by atoms with Crippen molar-refractivity contribution in [2.75, 3.05) is 14.1 Å². The first-order valence-electron chi connectivity index (χ1n) is 3.55. The number of hydrogen-bond acceptors (Lipinski definition) is 3. The van der Waals surface area contributed by atoms with E-state index in [1.807, 2.05) is 0 Å². The van der Waals surface area contributed by atoms with Crippen molar-refractivity contribution in [2.24, 2.45) is 0 Å². The minimum atomic E-state index is -1.06.